The quantitative estimate of drug-likeness (QED) is 0.793. The standard InChI is InChI=1S/C25H29N3O/c26-19-21-9-11-22(12-10-21)20-27-15-6-16-28(18-17-27)24(29)25(13-4-5-14-25)23-7-2-1-3-8-23/h1-3,7-12H,4-6,13-18,20H2. The number of carbonyl (C=O) groups is 1. The summed E-state index contributed by atoms with van der Waals surface area (Å²) < 4.78 is 0. The average Bonchev–Trinajstić information content (AvgIpc) is 3.16. The minimum atomic E-state index is -0.316. The molecule has 0 bridgehead atoms. The van der Waals surface area contributed by atoms with Crippen LogP contribution in [0.25, 0.3) is 0 Å². The van der Waals surface area contributed by atoms with Gasteiger partial charge in [0.15, 0.2) is 0 Å². The van der Waals surface area contributed by atoms with Crippen LogP contribution < -0.4 is 0 Å². The number of rotatable bonds is 4. The zero-order valence-corrected chi connectivity index (χ0v) is 17.0. The number of benzene rings is 2. The Labute approximate surface area is 173 Å². The third kappa shape index (κ3) is 4.21. The minimum absolute atomic E-state index is 0.316. The summed E-state index contributed by atoms with van der Waals surface area (Å²) in [7, 11) is 0. The number of carbonyl (C=O) groups excluding carboxylic acids is 1. The maximum Gasteiger partial charge on any atom is 0.233 e. The van der Waals surface area contributed by atoms with E-state index in [9.17, 15) is 4.79 Å². The second-order valence-corrected chi connectivity index (χ2v) is 8.39. The SMILES string of the molecule is N#Cc1ccc(CN2CCCN(C(=O)C3(c4ccccc4)CCCC3)CC2)cc1. The lowest BCUT2D eigenvalue weighted by Crippen LogP contribution is -2.46. The van der Waals surface area contributed by atoms with Crippen molar-refractivity contribution in [3.8, 4) is 6.07 Å². The highest BCUT2D eigenvalue weighted by Crippen LogP contribution is 2.42. The maximum absolute atomic E-state index is 13.7. The van der Waals surface area contributed by atoms with Gasteiger partial charge in [0, 0.05) is 32.7 Å². The van der Waals surface area contributed by atoms with Crippen LogP contribution in [0, 0.1) is 11.3 Å². The Bertz CT molecular complexity index is 863. The number of amides is 1. The molecule has 29 heavy (non-hydrogen) atoms. The summed E-state index contributed by atoms with van der Waals surface area (Å²) in [6.07, 6.45) is 5.23. The largest absolute Gasteiger partial charge is 0.341 e. The van der Waals surface area contributed by atoms with E-state index in [-0.39, 0.29) is 5.41 Å². The Morgan fingerprint density at radius 1 is 0.897 bits per heavy atom. The van der Waals surface area contributed by atoms with Crippen molar-refractivity contribution in [3.05, 3.63) is 71.3 Å². The molecule has 2 aromatic carbocycles. The Morgan fingerprint density at radius 3 is 2.31 bits per heavy atom. The lowest BCUT2D eigenvalue weighted by Gasteiger charge is -2.34. The van der Waals surface area contributed by atoms with Crippen LogP contribution in [0.3, 0.4) is 0 Å². The van der Waals surface area contributed by atoms with E-state index in [2.05, 4.69) is 40.1 Å². The summed E-state index contributed by atoms with van der Waals surface area (Å²) in [5.74, 6) is 0.335. The van der Waals surface area contributed by atoms with Gasteiger partial charge in [0.1, 0.15) is 0 Å². The van der Waals surface area contributed by atoms with E-state index in [4.69, 9.17) is 5.26 Å². The smallest absolute Gasteiger partial charge is 0.233 e. The topological polar surface area (TPSA) is 47.3 Å². The molecule has 1 saturated heterocycles. The van der Waals surface area contributed by atoms with Crippen molar-refractivity contribution in [2.75, 3.05) is 26.2 Å². The molecule has 0 spiro atoms. The van der Waals surface area contributed by atoms with Gasteiger partial charge in [-0.25, -0.2) is 0 Å². The summed E-state index contributed by atoms with van der Waals surface area (Å²) in [4.78, 5) is 18.2. The highest BCUT2D eigenvalue weighted by atomic mass is 16.2. The van der Waals surface area contributed by atoms with E-state index in [1.807, 2.05) is 30.3 Å². The molecule has 150 valence electrons. The van der Waals surface area contributed by atoms with Crippen molar-refractivity contribution in [1.29, 1.82) is 5.26 Å². The van der Waals surface area contributed by atoms with Gasteiger partial charge in [0.05, 0.1) is 17.0 Å². The third-order valence-corrected chi connectivity index (χ3v) is 6.56. The van der Waals surface area contributed by atoms with Gasteiger partial charge in [-0.3, -0.25) is 9.69 Å². The molecule has 0 aromatic heterocycles. The van der Waals surface area contributed by atoms with Gasteiger partial charge in [-0.15, -0.1) is 0 Å². The molecular formula is C25H29N3O. The Kier molecular flexibility index (Phi) is 5.97. The first-order chi connectivity index (χ1) is 14.2. The van der Waals surface area contributed by atoms with Gasteiger partial charge in [-0.1, -0.05) is 55.3 Å². The molecule has 1 heterocycles. The molecule has 4 heteroatoms. The van der Waals surface area contributed by atoms with Crippen LogP contribution in [0.4, 0.5) is 0 Å². The first kappa shape index (κ1) is 19.7. The minimum Gasteiger partial charge on any atom is -0.341 e. The lowest BCUT2D eigenvalue weighted by atomic mass is 9.77. The Morgan fingerprint density at radius 2 is 1.62 bits per heavy atom. The normalized spacial score (nSPS) is 19.5. The van der Waals surface area contributed by atoms with Gasteiger partial charge < -0.3 is 4.90 Å². The van der Waals surface area contributed by atoms with Crippen molar-refractivity contribution >= 4 is 5.91 Å². The van der Waals surface area contributed by atoms with E-state index >= 15 is 0 Å². The first-order valence-corrected chi connectivity index (χ1v) is 10.8. The van der Waals surface area contributed by atoms with Crippen molar-refractivity contribution < 1.29 is 4.79 Å². The molecule has 0 N–H and O–H groups in total. The fourth-order valence-electron chi connectivity index (χ4n) is 4.94. The highest BCUT2D eigenvalue weighted by molar-refractivity contribution is 5.88. The zero-order chi connectivity index (χ0) is 20.1. The van der Waals surface area contributed by atoms with Crippen LogP contribution >= 0.6 is 0 Å². The molecule has 4 rings (SSSR count). The van der Waals surface area contributed by atoms with Crippen LogP contribution in [0.15, 0.2) is 54.6 Å². The molecule has 0 atom stereocenters. The lowest BCUT2D eigenvalue weighted by molar-refractivity contribution is -0.137. The van der Waals surface area contributed by atoms with Crippen molar-refractivity contribution in [2.45, 2.75) is 44.1 Å². The van der Waals surface area contributed by atoms with Crippen molar-refractivity contribution in [1.82, 2.24) is 9.80 Å². The molecule has 1 aliphatic carbocycles. The average molecular weight is 388 g/mol. The van der Waals surface area contributed by atoms with Gasteiger partial charge in [0.25, 0.3) is 0 Å². The monoisotopic (exact) mass is 387 g/mol. The predicted molar refractivity (Wildman–Crippen MR) is 114 cm³/mol. The molecule has 1 amide bonds. The van der Waals surface area contributed by atoms with E-state index in [1.54, 1.807) is 0 Å². The number of nitriles is 1. The molecule has 2 aromatic rings. The van der Waals surface area contributed by atoms with Crippen molar-refractivity contribution in [3.63, 3.8) is 0 Å². The van der Waals surface area contributed by atoms with Gasteiger partial charge in [-0.2, -0.15) is 5.26 Å². The molecule has 0 unspecified atom stereocenters. The highest BCUT2D eigenvalue weighted by Gasteiger charge is 2.44. The van der Waals surface area contributed by atoms with Crippen LogP contribution in [0.5, 0.6) is 0 Å². The first-order valence-electron chi connectivity index (χ1n) is 10.8. The summed E-state index contributed by atoms with van der Waals surface area (Å²) in [5, 5.41) is 8.96. The predicted octanol–water partition coefficient (Wildman–Crippen LogP) is 4.10. The Balaban J connectivity index is 1.43. The number of nitrogens with zero attached hydrogens (tertiary/aromatic N) is 3. The third-order valence-electron chi connectivity index (χ3n) is 6.56. The number of hydrogen-bond acceptors (Lipinski definition) is 3. The fraction of sp³-hybridized carbons (Fsp3) is 0.440. The molecule has 1 aliphatic heterocycles. The maximum atomic E-state index is 13.7. The van der Waals surface area contributed by atoms with Crippen LogP contribution in [-0.2, 0) is 16.8 Å². The van der Waals surface area contributed by atoms with Crippen LogP contribution in [0.1, 0.15) is 48.8 Å². The summed E-state index contributed by atoms with van der Waals surface area (Å²) in [5.41, 5.74) is 2.80. The number of hydrogen-bond donors (Lipinski definition) is 0. The van der Waals surface area contributed by atoms with E-state index in [1.165, 1.54) is 11.1 Å². The van der Waals surface area contributed by atoms with Crippen LogP contribution in [-0.4, -0.2) is 41.9 Å². The molecule has 4 nitrogen and oxygen atoms in total. The summed E-state index contributed by atoms with van der Waals surface area (Å²) >= 11 is 0. The van der Waals surface area contributed by atoms with E-state index < -0.39 is 0 Å². The molecule has 1 saturated carbocycles. The molecular weight excluding hydrogens is 358 g/mol. The molecule has 0 radical (unpaired) electrons. The zero-order valence-electron chi connectivity index (χ0n) is 17.0. The van der Waals surface area contributed by atoms with E-state index in [0.717, 1.165) is 64.8 Å². The second kappa shape index (κ2) is 8.80. The van der Waals surface area contributed by atoms with Crippen molar-refractivity contribution in [2.24, 2.45) is 0 Å². The van der Waals surface area contributed by atoms with E-state index in [0.29, 0.717) is 11.5 Å². The molecule has 2 aliphatic rings. The van der Waals surface area contributed by atoms with Crippen LogP contribution in [0.2, 0.25) is 0 Å². The summed E-state index contributed by atoms with van der Waals surface area (Å²) in [6, 6.07) is 20.4. The summed E-state index contributed by atoms with van der Waals surface area (Å²) in [6.45, 7) is 4.41. The fourth-order valence-corrected chi connectivity index (χ4v) is 4.94. The molecule has 2 fully saturated rings. The Hall–Kier alpha value is -2.64. The van der Waals surface area contributed by atoms with Gasteiger partial charge in [0.2, 0.25) is 5.91 Å². The second-order valence-electron chi connectivity index (χ2n) is 8.39. The van der Waals surface area contributed by atoms with Gasteiger partial charge in [-0.05, 0) is 42.5 Å². The van der Waals surface area contributed by atoms with Gasteiger partial charge >= 0.3 is 0 Å².